The number of nitrogens with zero attached hydrogens (tertiary/aromatic N) is 4. The lowest BCUT2D eigenvalue weighted by Gasteiger charge is -2.02. The number of rotatable bonds is 2. The van der Waals surface area contributed by atoms with Crippen molar-refractivity contribution < 1.29 is 4.74 Å². The number of thiophene rings is 1. The van der Waals surface area contributed by atoms with Crippen molar-refractivity contribution >= 4 is 32.6 Å². The van der Waals surface area contributed by atoms with E-state index < -0.39 is 0 Å². The minimum Gasteiger partial charge on any atom is -0.390 e. The van der Waals surface area contributed by atoms with Crippen molar-refractivity contribution in [1.29, 1.82) is 0 Å². The molecule has 2 N–H and O–H groups in total. The molecule has 0 amide bonds. The van der Waals surface area contributed by atoms with Crippen LogP contribution in [0.3, 0.4) is 0 Å². The van der Waals surface area contributed by atoms with Gasteiger partial charge in [0, 0.05) is 23.0 Å². The molecule has 3 aromatic rings. The number of hydrogen-bond acceptors (Lipinski definition) is 7. The van der Waals surface area contributed by atoms with Gasteiger partial charge in [-0.05, 0) is 25.8 Å². The lowest BCUT2D eigenvalue weighted by Crippen LogP contribution is -2.04. The fourth-order valence-corrected chi connectivity index (χ4v) is 4.61. The summed E-state index contributed by atoms with van der Waals surface area (Å²) < 4.78 is 7.29. The van der Waals surface area contributed by atoms with Gasteiger partial charge in [-0.15, -0.1) is 21.5 Å². The molecule has 4 heterocycles. The van der Waals surface area contributed by atoms with Crippen molar-refractivity contribution in [2.75, 3.05) is 18.9 Å². The van der Waals surface area contributed by atoms with E-state index in [9.17, 15) is 0 Å². The summed E-state index contributed by atoms with van der Waals surface area (Å²) in [5.74, 6) is 1.19. The van der Waals surface area contributed by atoms with Crippen LogP contribution in [0.5, 0.6) is 0 Å². The maximum Gasteiger partial charge on any atom is 0.234 e. The zero-order chi connectivity index (χ0) is 14.6. The third-order valence-electron chi connectivity index (χ3n) is 3.94. The molecule has 1 aliphatic rings. The van der Waals surface area contributed by atoms with Gasteiger partial charge >= 0.3 is 0 Å². The largest absolute Gasteiger partial charge is 0.390 e. The first-order valence-electron chi connectivity index (χ1n) is 6.81. The van der Waals surface area contributed by atoms with Gasteiger partial charge in [0.1, 0.15) is 0 Å². The fraction of sp³-hybridized carbons (Fsp3) is 0.462. The van der Waals surface area contributed by atoms with Gasteiger partial charge in [-0.3, -0.25) is 0 Å². The number of anilines is 1. The van der Waals surface area contributed by atoms with E-state index in [1.54, 1.807) is 11.3 Å². The number of aromatic nitrogens is 4. The van der Waals surface area contributed by atoms with Gasteiger partial charge < -0.3 is 10.5 Å². The van der Waals surface area contributed by atoms with Gasteiger partial charge in [-0.2, -0.15) is 9.61 Å². The number of aryl methyl sites for hydroxylation is 1. The molecule has 0 aliphatic carbocycles. The van der Waals surface area contributed by atoms with Crippen LogP contribution in [0.4, 0.5) is 5.00 Å². The van der Waals surface area contributed by atoms with Crippen molar-refractivity contribution in [1.82, 2.24) is 19.8 Å². The number of nitrogen functional groups attached to an aromatic ring is 1. The van der Waals surface area contributed by atoms with E-state index in [1.807, 2.05) is 4.52 Å². The molecule has 110 valence electrons. The standard InChI is InChI=1S/C13H15N5OS2/c1-6-7(2)20-10(14)9(6)12-17-18-11(8-3-4-19-5-8)15-16-13(18)21-12/h8H,3-5,14H2,1-2H3. The summed E-state index contributed by atoms with van der Waals surface area (Å²) in [4.78, 5) is 2.05. The average molecular weight is 321 g/mol. The highest BCUT2D eigenvalue weighted by molar-refractivity contribution is 7.21. The molecular weight excluding hydrogens is 306 g/mol. The Hall–Kier alpha value is -1.51. The Morgan fingerprint density at radius 1 is 1.29 bits per heavy atom. The van der Waals surface area contributed by atoms with E-state index >= 15 is 0 Å². The van der Waals surface area contributed by atoms with Crippen LogP contribution in [0.1, 0.15) is 28.6 Å². The third-order valence-corrected chi connectivity index (χ3v) is 5.89. The molecule has 3 aromatic heterocycles. The number of nitrogens with two attached hydrogens (primary N) is 1. The molecular formula is C13H15N5OS2. The predicted octanol–water partition coefficient (Wildman–Crippen LogP) is 2.62. The molecule has 0 saturated carbocycles. The summed E-state index contributed by atoms with van der Waals surface area (Å²) >= 11 is 3.15. The Labute approximate surface area is 129 Å². The normalized spacial score (nSPS) is 18.9. The minimum absolute atomic E-state index is 0.289. The molecule has 1 fully saturated rings. The Bertz CT molecular complexity index is 812. The summed E-state index contributed by atoms with van der Waals surface area (Å²) in [6.07, 6.45) is 0.979. The summed E-state index contributed by atoms with van der Waals surface area (Å²) in [6, 6.07) is 0. The second-order valence-electron chi connectivity index (χ2n) is 5.24. The minimum atomic E-state index is 0.289. The topological polar surface area (TPSA) is 78.3 Å². The van der Waals surface area contributed by atoms with Crippen molar-refractivity contribution in [3.8, 4) is 10.6 Å². The Kier molecular flexibility index (Phi) is 2.98. The molecule has 1 unspecified atom stereocenters. The summed E-state index contributed by atoms with van der Waals surface area (Å²) in [6.45, 7) is 5.66. The highest BCUT2D eigenvalue weighted by Gasteiger charge is 2.26. The van der Waals surface area contributed by atoms with E-state index in [0.29, 0.717) is 6.61 Å². The lowest BCUT2D eigenvalue weighted by molar-refractivity contribution is 0.193. The van der Waals surface area contributed by atoms with Gasteiger partial charge in [0.15, 0.2) is 10.8 Å². The molecule has 0 aromatic carbocycles. The van der Waals surface area contributed by atoms with Gasteiger partial charge in [0.2, 0.25) is 4.96 Å². The summed E-state index contributed by atoms with van der Waals surface area (Å²) in [5, 5.41) is 15.0. The second kappa shape index (κ2) is 4.75. The quantitative estimate of drug-likeness (QED) is 0.785. The van der Waals surface area contributed by atoms with Crippen molar-refractivity contribution in [3.63, 3.8) is 0 Å². The van der Waals surface area contributed by atoms with E-state index in [1.165, 1.54) is 21.8 Å². The number of fused-ring (bicyclic) bond motifs is 1. The van der Waals surface area contributed by atoms with Crippen LogP contribution in [0, 0.1) is 13.8 Å². The lowest BCUT2D eigenvalue weighted by atomic mass is 10.1. The van der Waals surface area contributed by atoms with Crippen molar-refractivity contribution in [3.05, 3.63) is 16.3 Å². The van der Waals surface area contributed by atoms with Crippen LogP contribution in [0.15, 0.2) is 0 Å². The van der Waals surface area contributed by atoms with Crippen molar-refractivity contribution in [2.45, 2.75) is 26.2 Å². The van der Waals surface area contributed by atoms with Crippen LogP contribution in [0.2, 0.25) is 0 Å². The Morgan fingerprint density at radius 2 is 2.14 bits per heavy atom. The molecule has 0 spiro atoms. The molecule has 1 atom stereocenters. The molecule has 6 nitrogen and oxygen atoms in total. The van der Waals surface area contributed by atoms with E-state index in [2.05, 4.69) is 24.0 Å². The van der Waals surface area contributed by atoms with E-state index in [-0.39, 0.29) is 5.92 Å². The number of hydrogen-bond donors (Lipinski definition) is 1. The van der Waals surface area contributed by atoms with Gasteiger partial charge in [-0.25, -0.2) is 0 Å². The monoisotopic (exact) mass is 321 g/mol. The molecule has 1 saturated heterocycles. The first-order chi connectivity index (χ1) is 10.1. The van der Waals surface area contributed by atoms with Gasteiger partial charge in [0.05, 0.1) is 11.6 Å². The molecule has 4 rings (SSSR count). The van der Waals surface area contributed by atoms with Crippen LogP contribution >= 0.6 is 22.7 Å². The van der Waals surface area contributed by atoms with Crippen molar-refractivity contribution in [2.24, 2.45) is 0 Å². The highest BCUT2D eigenvalue weighted by Crippen LogP contribution is 2.40. The molecule has 0 radical (unpaired) electrons. The zero-order valence-corrected chi connectivity index (χ0v) is 13.4. The third kappa shape index (κ3) is 1.97. The van der Waals surface area contributed by atoms with Gasteiger partial charge in [-0.1, -0.05) is 11.3 Å². The zero-order valence-electron chi connectivity index (χ0n) is 11.8. The van der Waals surface area contributed by atoms with Gasteiger partial charge in [0.25, 0.3) is 0 Å². The highest BCUT2D eigenvalue weighted by atomic mass is 32.1. The predicted molar refractivity (Wildman–Crippen MR) is 84.0 cm³/mol. The molecule has 21 heavy (non-hydrogen) atoms. The maximum atomic E-state index is 6.14. The van der Waals surface area contributed by atoms with Crippen LogP contribution in [-0.2, 0) is 4.74 Å². The molecule has 8 heteroatoms. The smallest absolute Gasteiger partial charge is 0.234 e. The van der Waals surface area contributed by atoms with E-state index in [0.717, 1.165) is 39.4 Å². The van der Waals surface area contributed by atoms with Crippen LogP contribution in [0.25, 0.3) is 15.5 Å². The summed E-state index contributed by atoms with van der Waals surface area (Å²) in [7, 11) is 0. The van der Waals surface area contributed by atoms with Crippen LogP contribution < -0.4 is 5.73 Å². The first kappa shape index (κ1) is 13.2. The molecule has 0 bridgehead atoms. The Morgan fingerprint density at radius 3 is 2.81 bits per heavy atom. The number of ether oxygens (including phenoxy) is 1. The molecule has 1 aliphatic heterocycles. The maximum absolute atomic E-state index is 6.14. The van der Waals surface area contributed by atoms with Crippen LogP contribution in [-0.4, -0.2) is 33.0 Å². The van der Waals surface area contributed by atoms with E-state index in [4.69, 9.17) is 15.6 Å². The second-order valence-corrected chi connectivity index (χ2v) is 7.46. The summed E-state index contributed by atoms with van der Waals surface area (Å²) in [5.41, 5.74) is 8.39. The average Bonchev–Trinajstić information content (AvgIpc) is 3.15. The Balaban J connectivity index is 1.84. The fourth-order valence-electron chi connectivity index (χ4n) is 2.64. The first-order valence-corrected chi connectivity index (χ1v) is 8.44. The SMILES string of the molecule is Cc1sc(N)c(-c2nn3c(C4CCOC4)nnc3s2)c1C.